The van der Waals surface area contributed by atoms with Gasteiger partial charge in [-0.25, -0.2) is 4.74 Å². The zero-order chi connectivity index (χ0) is 18.6. The molecule has 3 rings (SSSR count). The molecule has 140 valence electrons. The Kier molecular flexibility index (Phi) is 5.80. The van der Waals surface area contributed by atoms with E-state index in [-0.39, 0.29) is 11.8 Å². The smallest absolute Gasteiger partial charge is 0.573 e. The Balaban J connectivity index is 1.61. The van der Waals surface area contributed by atoms with Gasteiger partial charge in [0.05, 0.1) is 0 Å². The highest BCUT2D eigenvalue weighted by Crippen LogP contribution is 2.31. The van der Waals surface area contributed by atoms with Crippen molar-refractivity contribution in [3.63, 3.8) is 0 Å². The van der Waals surface area contributed by atoms with Crippen molar-refractivity contribution in [1.82, 2.24) is 0 Å². The molecule has 0 aliphatic heterocycles. The van der Waals surface area contributed by atoms with Gasteiger partial charge in [-0.05, 0) is 49.2 Å². The minimum absolute atomic E-state index is 0.00568. The average Bonchev–Trinajstić information content (AvgIpc) is 3.03. The third kappa shape index (κ3) is 5.45. The number of ether oxygens (including phenoxy) is 1. The van der Waals surface area contributed by atoms with Crippen LogP contribution in [0.3, 0.4) is 0 Å². The molecule has 0 saturated heterocycles. The molecular weight excluding hydrogens is 367 g/mol. The Morgan fingerprint density at radius 3 is 2.42 bits per heavy atom. The Labute approximate surface area is 153 Å². The van der Waals surface area contributed by atoms with Crippen molar-refractivity contribution in [2.45, 2.75) is 54.5 Å². The summed E-state index contributed by atoms with van der Waals surface area (Å²) in [5.74, 6) is 0.190. The molecule has 26 heavy (non-hydrogen) atoms. The summed E-state index contributed by atoms with van der Waals surface area (Å²) in [6.07, 6.45) is 1.88. The van der Waals surface area contributed by atoms with E-state index in [1.807, 2.05) is 0 Å². The normalized spacial score (nSPS) is 16.7. The zero-order valence-electron chi connectivity index (χ0n) is 13.9. The van der Waals surface area contributed by atoms with E-state index in [0.29, 0.717) is 15.7 Å². The number of benzene rings is 1. The van der Waals surface area contributed by atoms with Crippen molar-refractivity contribution in [3.8, 4) is 5.75 Å². The summed E-state index contributed by atoms with van der Waals surface area (Å²) >= 11 is 1.25. The second-order valence-electron chi connectivity index (χ2n) is 6.06. The van der Waals surface area contributed by atoms with Gasteiger partial charge in [0.15, 0.2) is 16.9 Å². The number of hydrogen-bond acceptors (Lipinski definition) is 4. The van der Waals surface area contributed by atoms with Crippen LogP contribution in [0.4, 0.5) is 13.2 Å². The number of hydroxylamine groups is 1. The molecule has 0 radical (unpaired) electrons. The number of furan rings is 1. The van der Waals surface area contributed by atoms with Crippen LogP contribution in [0, 0.1) is 5.21 Å². The molecule has 1 aliphatic carbocycles. The van der Waals surface area contributed by atoms with Crippen LogP contribution in [0.15, 0.2) is 50.8 Å². The first-order valence-corrected chi connectivity index (χ1v) is 9.14. The maximum atomic E-state index is 12.2. The topological polar surface area (TPSA) is 48.4 Å². The van der Waals surface area contributed by atoms with Gasteiger partial charge < -0.3 is 14.4 Å². The van der Waals surface area contributed by atoms with E-state index in [1.54, 1.807) is 12.1 Å². The lowest BCUT2D eigenvalue weighted by molar-refractivity contribution is -0.501. The molecule has 0 amide bonds. The minimum Gasteiger partial charge on any atom is -0.624 e. The fourth-order valence-corrected chi connectivity index (χ4v) is 3.63. The van der Waals surface area contributed by atoms with Crippen LogP contribution in [-0.2, 0) is 0 Å². The molecule has 1 fully saturated rings. The lowest BCUT2D eigenvalue weighted by atomic mass is 9.96. The van der Waals surface area contributed by atoms with E-state index < -0.39 is 6.36 Å². The monoisotopic (exact) mass is 385 g/mol. The molecule has 0 atom stereocenters. The predicted molar refractivity (Wildman–Crippen MR) is 91.6 cm³/mol. The van der Waals surface area contributed by atoms with Crippen molar-refractivity contribution in [2.75, 3.05) is 0 Å². The van der Waals surface area contributed by atoms with Gasteiger partial charge in [-0.3, -0.25) is 0 Å². The fraction of sp³-hybridized carbons (Fsp3) is 0.389. The van der Waals surface area contributed by atoms with Crippen molar-refractivity contribution in [2.24, 2.45) is 0 Å². The first kappa shape index (κ1) is 18.7. The molecule has 0 bridgehead atoms. The van der Waals surface area contributed by atoms with E-state index in [9.17, 15) is 18.4 Å². The molecule has 0 N–H and O–H groups in total. The summed E-state index contributed by atoms with van der Waals surface area (Å²) < 4.78 is 46.9. The van der Waals surface area contributed by atoms with Gasteiger partial charge in [0.1, 0.15) is 5.75 Å². The molecule has 2 aromatic rings. The van der Waals surface area contributed by atoms with Gasteiger partial charge in [0, 0.05) is 17.7 Å². The summed E-state index contributed by atoms with van der Waals surface area (Å²) in [4.78, 5) is 0.701. The van der Waals surface area contributed by atoms with Crippen LogP contribution in [0.5, 0.6) is 5.75 Å². The van der Waals surface area contributed by atoms with E-state index in [4.69, 9.17) is 4.42 Å². The maximum absolute atomic E-state index is 12.2. The number of alkyl halides is 3. The molecule has 1 aliphatic rings. The van der Waals surface area contributed by atoms with Gasteiger partial charge in [-0.2, -0.15) is 0 Å². The summed E-state index contributed by atoms with van der Waals surface area (Å²) in [5.41, 5.74) is 0. The van der Waals surface area contributed by atoms with Gasteiger partial charge in [-0.15, -0.1) is 13.2 Å². The Morgan fingerprint density at radius 2 is 1.77 bits per heavy atom. The van der Waals surface area contributed by atoms with Crippen molar-refractivity contribution < 1.29 is 27.1 Å². The lowest BCUT2D eigenvalue weighted by Crippen LogP contribution is -2.25. The highest BCUT2D eigenvalue weighted by molar-refractivity contribution is 7.99. The van der Waals surface area contributed by atoms with Crippen molar-refractivity contribution in [1.29, 1.82) is 0 Å². The molecule has 4 nitrogen and oxygen atoms in total. The van der Waals surface area contributed by atoms with Gasteiger partial charge in [-0.1, -0.05) is 18.2 Å². The molecule has 1 aromatic carbocycles. The number of rotatable bonds is 5. The van der Waals surface area contributed by atoms with Crippen molar-refractivity contribution >= 4 is 18.0 Å². The van der Waals surface area contributed by atoms with E-state index in [2.05, 4.69) is 4.74 Å². The number of halogens is 3. The Hall–Kier alpha value is -2.09. The summed E-state index contributed by atoms with van der Waals surface area (Å²) in [5, 5.41) is 12.7. The van der Waals surface area contributed by atoms with E-state index in [0.717, 1.165) is 30.4 Å². The van der Waals surface area contributed by atoms with Crippen LogP contribution in [0.2, 0.25) is 0 Å². The van der Waals surface area contributed by atoms with Crippen LogP contribution in [0.1, 0.15) is 37.9 Å². The highest BCUT2D eigenvalue weighted by Gasteiger charge is 2.31. The molecule has 1 aromatic heterocycles. The molecule has 0 unspecified atom stereocenters. The summed E-state index contributed by atoms with van der Waals surface area (Å²) in [6, 6.07) is 8.95. The molecule has 1 heterocycles. The molecular formula is C18H18F3NO3S. The SMILES string of the molecule is [O-][N+](=Cc1ccc(Sc2ccc(OC(F)(F)F)cc2)o1)C1CCCCC1. The Morgan fingerprint density at radius 1 is 1.08 bits per heavy atom. The van der Waals surface area contributed by atoms with Crippen molar-refractivity contribution in [3.05, 3.63) is 47.4 Å². The van der Waals surface area contributed by atoms with Crippen LogP contribution < -0.4 is 4.74 Å². The minimum atomic E-state index is -4.71. The highest BCUT2D eigenvalue weighted by atomic mass is 32.2. The molecule has 0 spiro atoms. The summed E-state index contributed by atoms with van der Waals surface area (Å²) in [6.45, 7) is 0. The second-order valence-corrected chi connectivity index (χ2v) is 7.14. The molecule has 1 saturated carbocycles. The lowest BCUT2D eigenvalue weighted by Gasteiger charge is -2.20. The fourth-order valence-electron chi connectivity index (χ4n) is 2.85. The number of nitrogens with zero attached hydrogens (tertiary/aromatic N) is 1. The van der Waals surface area contributed by atoms with Gasteiger partial charge in [0.25, 0.3) is 0 Å². The number of hydrogen-bond donors (Lipinski definition) is 0. The predicted octanol–water partition coefficient (Wildman–Crippen LogP) is 5.59. The second kappa shape index (κ2) is 8.07. The third-order valence-corrected chi connectivity index (χ3v) is 5.00. The third-order valence-electron chi connectivity index (χ3n) is 4.07. The largest absolute Gasteiger partial charge is 0.624 e. The van der Waals surface area contributed by atoms with E-state index >= 15 is 0 Å². The Bertz CT molecular complexity index is 750. The standard InChI is InChI=1S/C18H18F3NO3S/c19-18(20,21)25-14-6-9-16(10-7-14)26-17-11-8-15(24-17)12-22(23)13-4-2-1-3-5-13/h6-13H,1-5H2. The maximum Gasteiger partial charge on any atom is 0.573 e. The zero-order valence-corrected chi connectivity index (χ0v) is 14.7. The first-order chi connectivity index (χ1) is 12.4. The molecule has 8 heteroatoms. The van der Waals surface area contributed by atoms with E-state index in [1.165, 1.54) is 48.7 Å². The first-order valence-electron chi connectivity index (χ1n) is 8.33. The quantitative estimate of drug-likeness (QED) is 0.291. The van der Waals surface area contributed by atoms with Gasteiger partial charge >= 0.3 is 6.36 Å². The van der Waals surface area contributed by atoms with Gasteiger partial charge in [0.2, 0.25) is 6.21 Å². The summed E-state index contributed by atoms with van der Waals surface area (Å²) in [7, 11) is 0. The van der Waals surface area contributed by atoms with Crippen LogP contribution in [0.25, 0.3) is 0 Å². The average molecular weight is 385 g/mol. The van der Waals surface area contributed by atoms with Crippen LogP contribution in [-0.4, -0.2) is 23.4 Å². The van der Waals surface area contributed by atoms with Crippen LogP contribution >= 0.6 is 11.8 Å².